The highest BCUT2D eigenvalue weighted by molar-refractivity contribution is 5.94. The van der Waals surface area contributed by atoms with Crippen LogP contribution in [0.5, 0.6) is 0 Å². The number of carbonyl (C=O) groups excluding carboxylic acids is 2. The maximum Gasteiger partial charge on any atom is 0.271 e. The molecule has 8 nitrogen and oxygen atoms in total. The van der Waals surface area contributed by atoms with E-state index in [0.29, 0.717) is 29.8 Å². The Hall–Kier alpha value is -2.58. The molecule has 8 heteroatoms. The summed E-state index contributed by atoms with van der Waals surface area (Å²) in [7, 11) is 0. The summed E-state index contributed by atoms with van der Waals surface area (Å²) in [4.78, 5) is 34.2. The number of aliphatic hydroxyl groups excluding tert-OH is 2. The number of rotatable bonds is 11. The molecule has 0 aliphatic heterocycles. The second-order valence-electron chi connectivity index (χ2n) is 10.4. The second kappa shape index (κ2) is 12.9. The van der Waals surface area contributed by atoms with E-state index >= 15 is 0 Å². The van der Waals surface area contributed by atoms with Gasteiger partial charge in [-0.25, -0.2) is 4.98 Å². The van der Waals surface area contributed by atoms with Crippen LogP contribution in [0, 0.1) is 17.8 Å². The minimum absolute atomic E-state index is 0.125. The Morgan fingerprint density at radius 2 is 1.74 bits per heavy atom. The smallest absolute Gasteiger partial charge is 0.271 e. The van der Waals surface area contributed by atoms with Gasteiger partial charge < -0.3 is 20.8 Å². The van der Waals surface area contributed by atoms with Crippen molar-refractivity contribution in [3.05, 3.63) is 36.2 Å². The van der Waals surface area contributed by atoms with Crippen LogP contribution in [-0.4, -0.2) is 56.8 Å². The summed E-state index contributed by atoms with van der Waals surface area (Å²) in [5, 5.41) is 27.2. The molecule has 1 aromatic carbocycles. The van der Waals surface area contributed by atoms with Crippen LogP contribution in [0.4, 0.5) is 0 Å². The van der Waals surface area contributed by atoms with Gasteiger partial charge >= 0.3 is 0 Å². The highest BCUT2D eigenvalue weighted by Crippen LogP contribution is 2.29. The van der Waals surface area contributed by atoms with Gasteiger partial charge in [-0.05, 0) is 36.8 Å². The first-order chi connectivity index (χ1) is 16.7. The number of nitrogens with zero attached hydrogens (tertiary/aromatic N) is 2. The minimum Gasteiger partial charge on any atom is -0.390 e. The standard InChI is InChI=1S/C27H40N4O4/c1-17(2)13-24(32)25(33)22(14-19-9-5-4-6-10-19)31-26(34)18(3)15-29-27(35)23-16-28-20-11-7-8-12-21(20)30-23/h7-8,11-12,16-19,22,24-25,32-33H,4-6,9-10,13-15H2,1-3H3,(H,29,35)(H,31,34)/t18-,22+,24-,25+/m0/s1. The van der Waals surface area contributed by atoms with Crippen LogP contribution in [-0.2, 0) is 4.79 Å². The van der Waals surface area contributed by atoms with Gasteiger partial charge in [-0.2, -0.15) is 0 Å². The lowest BCUT2D eigenvalue weighted by Crippen LogP contribution is -2.52. The van der Waals surface area contributed by atoms with Crippen molar-refractivity contribution in [2.75, 3.05) is 6.54 Å². The van der Waals surface area contributed by atoms with Crippen LogP contribution >= 0.6 is 0 Å². The van der Waals surface area contributed by atoms with Gasteiger partial charge in [0.05, 0.1) is 35.3 Å². The summed E-state index contributed by atoms with van der Waals surface area (Å²) in [6.45, 7) is 5.85. The van der Waals surface area contributed by atoms with E-state index in [-0.39, 0.29) is 24.1 Å². The normalized spacial score (nSPS) is 18.1. The Kier molecular flexibility index (Phi) is 9.98. The quantitative estimate of drug-likeness (QED) is 0.388. The van der Waals surface area contributed by atoms with Gasteiger partial charge in [-0.1, -0.05) is 65.0 Å². The molecule has 4 atom stereocenters. The van der Waals surface area contributed by atoms with Crippen molar-refractivity contribution in [3.8, 4) is 0 Å². The Bertz CT molecular complexity index is 977. The zero-order chi connectivity index (χ0) is 25.4. The highest BCUT2D eigenvalue weighted by atomic mass is 16.3. The fraction of sp³-hybridized carbons (Fsp3) is 0.630. The average molecular weight is 485 g/mol. The van der Waals surface area contributed by atoms with Crippen molar-refractivity contribution in [3.63, 3.8) is 0 Å². The van der Waals surface area contributed by atoms with Crippen LogP contribution < -0.4 is 10.6 Å². The van der Waals surface area contributed by atoms with Crippen LogP contribution in [0.25, 0.3) is 11.0 Å². The van der Waals surface area contributed by atoms with Crippen LogP contribution in [0.15, 0.2) is 30.5 Å². The first-order valence-electron chi connectivity index (χ1n) is 12.9. The molecule has 35 heavy (non-hydrogen) atoms. The predicted molar refractivity (Wildman–Crippen MR) is 136 cm³/mol. The van der Waals surface area contributed by atoms with Gasteiger partial charge in [0, 0.05) is 6.54 Å². The molecule has 1 saturated carbocycles. The molecule has 0 spiro atoms. The van der Waals surface area contributed by atoms with E-state index in [1.165, 1.54) is 12.6 Å². The number of hydrogen-bond donors (Lipinski definition) is 4. The first-order valence-corrected chi connectivity index (χ1v) is 12.9. The lowest BCUT2D eigenvalue weighted by atomic mass is 9.82. The van der Waals surface area contributed by atoms with Gasteiger partial charge in [-0.15, -0.1) is 0 Å². The predicted octanol–water partition coefficient (Wildman–Crippen LogP) is 3.22. The lowest BCUT2D eigenvalue weighted by molar-refractivity contribution is -0.127. The maximum atomic E-state index is 13.0. The Morgan fingerprint density at radius 1 is 1.06 bits per heavy atom. The van der Waals surface area contributed by atoms with Crippen LogP contribution in [0.1, 0.15) is 76.2 Å². The molecule has 2 amide bonds. The fourth-order valence-corrected chi connectivity index (χ4v) is 4.78. The van der Waals surface area contributed by atoms with Gasteiger partial charge in [0.1, 0.15) is 11.8 Å². The molecular weight excluding hydrogens is 444 g/mol. The Balaban J connectivity index is 1.58. The molecular formula is C27H40N4O4. The average Bonchev–Trinajstić information content (AvgIpc) is 2.86. The molecule has 1 fully saturated rings. The van der Waals surface area contributed by atoms with Crippen molar-refractivity contribution in [1.29, 1.82) is 0 Å². The van der Waals surface area contributed by atoms with E-state index in [9.17, 15) is 19.8 Å². The molecule has 3 rings (SSSR count). The number of fused-ring (bicyclic) bond motifs is 1. The van der Waals surface area contributed by atoms with Crippen LogP contribution in [0.2, 0.25) is 0 Å². The molecule has 1 aliphatic carbocycles. The molecule has 4 N–H and O–H groups in total. The van der Waals surface area contributed by atoms with E-state index in [2.05, 4.69) is 20.6 Å². The molecule has 0 radical (unpaired) electrons. The number of para-hydroxylation sites is 2. The lowest BCUT2D eigenvalue weighted by Gasteiger charge is -2.33. The van der Waals surface area contributed by atoms with Gasteiger partial charge in [0.15, 0.2) is 0 Å². The van der Waals surface area contributed by atoms with Crippen molar-refractivity contribution < 1.29 is 19.8 Å². The number of benzene rings is 1. The van der Waals surface area contributed by atoms with Crippen molar-refractivity contribution in [2.45, 2.75) is 84.0 Å². The van der Waals surface area contributed by atoms with E-state index in [0.717, 1.165) is 25.7 Å². The van der Waals surface area contributed by atoms with Crippen molar-refractivity contribution in [1.82, 2.24) is 20.6 Å². The molecule has 1 aromatic heterocycles. The molecule has 2 aromatic rings. The number of amides is 2. The van der Waals surface area contributed by atoms with E-state index in [1.54, 1.807) is 13.0 Å². The largest absolute Gasteiger partial charge is 0.390 e. The van der Waals surface area contributed by atoms with Gasteiger partial charge in [0.2, 0.25) is 5.91 Å². The number of aromatic nitrogens is 2. The summed E-state index contributed by atoms with van der Waals surface area (Å²) < 4.78 is 0. The maximum absolute atomic E-state index is 13.0. The Morgan fingerprint density at radius 3 is 2.43 bits per heavy atom. The van der Waals surface area contributed by atoms with Gasteiger partial charge in [-0.3, -0.25) is 14.6 Å². The fourth-order valence-electron chi connectivity index (χ4n) is 4.78. The number of aliphatic hydroxyl groups is 2. The third kappa shape index (κ3) is 7.97. The van der Waals surface area contributed by atoms with Gasteiger partial charge in [0.25, 0.3) is 5.91 Å². The third-order valence-electron chi connectivity index (χ3n) is 6.86. The molecule has 0 unspecified atom stereocenters. The zero-order valence-electron chi connectivity index (χ0n) is 21.1. The summed E-state index contributed by atoms with van der Waals surface area (Å²) >= 11 is 0. The van der Waals surface area contributed by atoms with Crippen LogP contribution in [0.3, 0.4) is 0 Å². The summed E-state index contributed by atoms with van der Waals surface area (Å²) in [6, 6.07) is 6.79. The number of nitrogens with one attached hydrogen (secondary N) is 2. The highest BCUT2D eigenvalue weighted by Gasteiger charge is 2.32. The number of carbonyl (C=O) groups is 2. The van der Waals surface area contributed by atoms with Crippen molar-refractivity contribution in [2.24, 2.45) is 17.8 Å². The molecule has 192 valence electrons. The minimum atomic E-state index is -1.03. The molecule has 1 aliphatic rings. The molecule has 0 bridgehead atoms. The summed E-state index contributed by atoms with van der Waals surface area (Å²) in [5.41, 5.74) is 1.53. The monoisotopic (exact) mass is 484 g/mol. The van der Waals surface area contributed by atoms with E-state index in [4.69, 9.17) is 0 Å². The van der Waals surface area contributed by atoms with Crippen molar-refractivity contribution >= 4 is 22.8 Å². The SMILES string of the molecule is CC(C)C[C@H](O)[C@H](O)[C@@H](CC1CCCCC1)NC(=O)[C@@H](C)CNC(=O)c1cnc2ccccc2n1. The number of hydrogen-bond acceptors (Lipinski definition) is 6. The molecule has 1 heterocycles. The topological polar surface area (TPSA) is 124 Å². The Labute approximate surface area is 207 Å². The zero-order valence-corrected chi connectivity index (χ0v) is 21.1. The summed E-state index contributed by atoms with van der Waals surface area (Å²) in [5.74, 6) is -0.509. The third-order valence-corrected chi connectivity index (χ3v) is 6.86. The second-order valence-corrected chi connectivity index (χ2v) is 10.4. The first kappa shape index (κ1) is 27.0. The van der Waals surface area contributed by atoms with E-state index < -0.39 is 30.1 Å². The summed E-state index contributed by atoms with van der Waals surface area (Å²) in [6.07, 6.45) is 6.33. The van der Waals surface area contributed by atoms with E-state index in [1.807, 2.05) is 32.0 Å². The molecule has 0 saturated heterocycles.